The third-order valence-corrected chi connectivity index (χ3v) is 8.00. The molecule has 1 unspecified atom stereocenters. The number of carbonyl (C=O) groups excluding carboxylic acids is 2. The Bertz CT molecular complexity index is 949. The van der Waals surface area contributed by atoms with Crippen molar-refractivity contribution in [3.05, 3.63) is 71.8 Å². The molecule has 0 aromatic heterocycles. The molecule has 0 spiro atoms. The molecule has 0 bridgehead atoms. The van der Waals surface area contributed by atoms with Crippen LogP contribution < -0.4 is 0 Å². The Balaban J connectivity index is 1.52. The van der Waals surface area contributed by atoms with Gasteiger partial charge in [0.25, 0.3) is 0 Å². The van der Waals surface area contributed by atoms with Gasteiger partial charge in [0.1, 0.15) is 0 Å². The summed E-state index contributed by atoms with van der Waals surface area (Å²) in [5, 5.41) is 0. The molecule has 36 heavy (non-hydrogen) atoms. The lowest BCUT2D eigenvalue weighted by molar-refractivity contribution is -0.130. The number of hydrogen-bond acceptors (Lipinski definition) is 3. The van der Waals surface area contributed by atoms with Gasteiger partial charge in [-0.2, -0.15) is 0 Å². The normalized spacial score (nSPS) is 19.7. The Morgan fingerprint density at radius 3 is 1.92 bits per heavy atom. The topological polar surface area (TPSA) is 47.1 Å². The number of carbonyl (C=O) groups is 2. The van der Waals surface area contributed by atoms with Crippen LogP contribution in [0.1, 0.15) is 57.7 Å². The fourth-order valence-electron chi connectivity index (χ4n) is 5.97. The van der Waals surface area contributed by atoms with Gasteiger partial charge in [-0.15, -0.1) is 0 Å². The third kappa shape index (κ3) is 5.75. The van der Waals surface area contributed by atoms with Crippen molar-refractivity contribution in [3.63, 3.8) is 0 Å². The first kappa shape index (κ1) is 26.2. The summed E-state index contributed by atoms with van der Waals surface area (Å²) in [4.78, 5) is 34.4. The lowest BCUT2D eigenvalue weighted by Gasteiger charge is -2.48. The summed E-state index contributed by atoms with van der Waals surface area (Å²) >= 11 is 0. The second-order valence-corrected chi connectivity index (χ2v) is 10.5. The van der Waals surface area contributed by atoms with Gasteiger partial charge in [-0.3, -0.25) is 9.69 Å². The van der Waals surface area contributed by atoms with Crippen LogP contribution in [0.4, 0.5) is 4.79 Å². The van der Waals surface area contributed by atoms with Gasteiger partial charge >= 0.3 is 6.03 Å². The van der Waals surface area contributed by atoms with E-state index in [4.69, 9.17) is 0 Å². The Kier molecular flexibility index (Phi) is 8.68. The highest BCUT2D eigenvalue weighted by Gasteiger charge is 2.39. The van der Waals surface area contributed by atoms with Gasteiger partial charge < -0.3 is 14.7 Å². The summed E-state index contributed by atoms with van der Waals surface area (Å²) < 4.78 is 0. The molecule has 0 aliphatic carbocycles. The fraction of sp³-hybridized carbons (Fsp3) is 0.533. The predicted molar refractivity (Wildman–Crippen MR) is 145 cm³/mol. The molecule has 194 valence electrons. The summed E-state index contributed by atoms with van der Waals surface area (Å²) in [6.07, 6.45) is 1.71. The Hall–Kier alpha value is -2.86. The van der Waals surface area contributed by atoms with Crippen LogP contribution in [0, 0.1) is 5.92 Å². The van der Waals surface area contributed by atoms with Crippen molar-refractivity contribution >= 4 is 11.9 Å². The van der Waals surface area contributed by atoms with Gasteiger partial charge in [0.05, 0.1) is 6.04 Å². The van der Waals surface area contributed by atoms with Crippen molar-refractivity contribution in [1.82, 2.24) is 19.6 Å². The van der Waals surface area contributed by atoms with Crippen LogP contribution in [0.25, 0.3) is 0 Å². The van der Waals surface area contributed by atoms with E-state index in [0.29, 0.717) is 12.5 Å². The predicted octanol–water partition coefficient (Wildman–Crippen LogP) is 4.87. The van der Waals surface area contributed by atoms with Crippen LogP contribution in [-0.2, 0) is 4.79 Å². The molecule has 2 aliphatic heterocycles. The maximum atomic E-state index is 13.9. The summed E-state index contributed by atoms with van der Waals surface area (Å²) in [5.74, 6) is 0.479. The van der Waals surface area contributed by atoms with Crippen molar-refractivity contribution in [2.24, 2.45) is 5.92 Å². The molecule has 0 saturated carbocycles. The van der Waals surface area contributed by atoms with Gasteiger partial charge in [0.15, 0.2) is 0 Å². The number of piperidine rings is 1. The minimum Gasteiger partial charge on any atom is -0.343 e. The SMILES string of the molecule is CCN(C(=O)N1CCN(C(c2ccccc2)c2ccccc2)CC1C(C)C)C1CCN(C(C)=O)CC1. The molecule has 2 fully saturated rings. The smallest absolute Gasteiger partial charge is 0.320 e. The van der Waals surface area contributed by atoms with Crippen molar-refractivity contribution < 1.29 is 9.59 Å². The van der Waals surface area contributed by atoms with E-state index in [2.05, 4.69) is 96.1 Å². The number of likely N-dealkylation sites (tertiary alicyclic amines) is 1. The lowest BCUT2D eigenvalue weighted by atomic mass is 9.93. The quantitative estimate of drug-likeness (QED) is 0.580. The minimum atomic E-state index is 0.130. The largest absolute Gasteiger partial charge is 0.343 e. The zero-order valence-electron chi connectivity index (χ0n) is 22.3. The summed E-state index contributed by atoms with van der Waals surface area (Å²) in [6, 6.07) is 22.1. The standard InChI is InChI=1S/C30H42N4O2/c1-5-33(27-16-18-31(19-17-27)24(4)35)30(36)34-21-20-32(22-28(34)23(2)3)29(25-12-8-6-9-13-25)26-14-10-7-11-15-26/h6-15,23,27-29H,5,16-22H2,1-4H3. The second-order valence-electron chi connectivity index (χ2n) is 10.5. The summed E-state index contributed by atoms with van der Waals surface area (Å²) in [5.41, 5.74) is 2.58. The number of nitrogens with zero attached hydrogens (tertiary/aromatic N) is 4. The van der Waals surface area contributed by atoms with Crippen LogP contribution in [-0.4, -0.2) is 82.9 Å². The zero-order chi connectivity index (χ0) is 25.7. The molecule has 2 aliphatic rings. The van der Waals surface area contributed by atoms with E-state index >= 15 is 0 Å². The number of rotatable bonds is 6. The van der Waals surface area contributed by atoms with Crippen molar-refractivity contribution in [2.75, 3.05) is 39.3 Å². The molecular weight excluding hydrogens is 448 g/mol. The van der Waals surface area contributed by atoms with E-state index < -0.39 is 0 Å². The Labute approximate surface area is 216 Å². The van der Waals surface area contributed by atoms with Gasteiger partial charge in [0, 0.05) is 58.3 Å². The average molecular weight is 491 g/mol. The van der Waals surface area contributed by atoms with Crippen LogP contribution in [0.3, 0.4) is 0 Å². The molecule has 2 aromatic carbocycles. The number of amides is 3. The summed E-state index contributed by atoms with van der Waals surface area (Å²) in [6.45, 7) is 12.8. The fourth-order valence-corrected chi connectivity index (χ4v) is 5.97. The number of urea groups is 1. The lowest BCUT2D eigenvalue weighted by Crippen LogP contribution is -2.62. The zero-order valence-corrected chi connectivity index (χ0v) is 22.3. The molecule has 4 rings (SSSR count). The third-order valence-electron chi connectivity index (χ3n) is 8.00. The highest BCUT2D eigenvalue weighted by molar-refractivity contribution is 5.76. The van der Waals surface area contributed by atoms with Crippen LogP contribution in [0.5, 0.6) is 0 Å². The summed E-state index contributed by atoms with van der Waals surface area (Å²) in [7, 11) is 0. The maximum Gasteiger partial charge on any atom is 0.320 e. The highest BCUT2D eigenvalue weighted by atomic mass is 16.2. The van der Waals surface area contributed by atoms with Crippen LogP contribution >= 0.6 is 0 Å². The van der Waals surface area contributed by atoms with Crippen molar-refractivity contribution in [1.29, 1.82) is 0 Å². The number of piperazine rings is 1. The highest BCUT2D eigenvalue weighted by Crippen LogP contribution is 2.32. The van der Waals surface area contributed by atoms with E-state index in [1.54, 1.807) is 6.92 Å². The average Bonchev–Trinajstić information content (AvgIpc) is 2.90. The minimum absolute atomic E-state index is 0.130. The molecule has 1 atom stereocenters. The molecular formula is C30H42N4O2. The van der Waals surface area contributed by atoms with Gasteiger partial charge in [-0.05, 0) is 36.8 Å². The van der Waals surface area contributed by atoms with Crippen LogP contribution in [0.15, 0.2) is 60.7 Å². The van der Waals surface area contributed by atoms with Gasteiger partial charge in [-0.1, -0.05) is 74.5 Å². The molecule has 6 nitrogen and oxygen atoms in total. The van der Waals surface area contributed by atoms with Gasteiger partial charge in [-0.25, -0.2) is 4.79 Å². The first-order valence-corrected chi connectivity index (χ1v) is 13.6. The molecule has 2 heterocycles. The van der Waals surface area contributed by atoms with E-state index in [1.165, 1.54) is 11.1 Å². The van der Waals surface area contributed by atoms with E-state index in [1.807, 2.05) is 4.90 Å². The Morgan fingerprint density at radius 1 is 0.889 bits per heavy atom. The van der Waals surface area contributed by atoms with Gasteiger partial charge in [0.2, 0.25) is 5.91 Å². The van der Waals surface area contributed by atoms with E-state index in [9.17, 15) is 9.59 Å². The van der Waals surface area contributed by atoms with Crippen LogP contribution in [0.2, 0.25) is 0 Å². The van der Waals surface area contributed by atoms with Crippen molar-refractivity contribution in [2.45, 2.75) is 58.7 Å². The molecule has 2 aromatic rings. The molecule has 3 amide bonds. The van der Waals surface area contributed by atoms with E-state index in [-0.39, 0.29) is 30.1 Å². The number of hydrogen-bond donors (Lipinski definition) is 0. The Morgan fingerprint density at radius 2 is 1.44 bits per heavy atom. The molecule has 2 saturated heterocycles. The molecule has 0 radical (unpaired) electrons. The first-order chi connectivity index (χ1) is 17.4. The second kappa shape index (κ2) is 11.9. The monoisotopic (exact) mass is 490 g/mol. The maximum absolute atomic E-state index is 13.9. The first-order valence-electron chi connectivity index (χ1n) is 13.6. The molecule has 0 N–H and O–H groups in total. The molecule has 6 heteroatoms. The van der Waals surface area contributed by atoms with E-state index in [0.717, 1.165) is 45.6 Å². The van der Waals surface area contributed by atoms with Crippen molar-refractivity contribution in [3.8, 4) is 0 Å². The number of benzene rings is 2.